The Morgan fingerprint density at radius 3 is 2.61 bits per heavy atom. The molecule has 0 saturated heterocycles. The molecule has 0 amide bonds. The number of pyridine rings is 1. The van der Waals surface area contributed by atoms with Crippen molar-refractivity contribution < 1.29 is 17.9 Å². The third kappa shape index (κ3) is 4.31. The molecule has 0 radical (unpaired) electrons. The summed E-state index contributed by atoms with van der Waals surface area (Å²) >= 11 is 0. The number of aryl methyl sites for hydroxylation is 1. The van der Waals surface area contributed by atoms with Gasteiger partial charge in [-0.1, -0.05) is 0 Å². The zero-order valence-electron chi connectivity index (χ0n) is 15.3. The molecule has 144 valence electrons. The summed E-state index contributed by atoms with van der Waals surface area (Å²) in [5.41, 5.74) is 2.43. The standard InChI is InChI=1S/C20H17F3N4O/c1-13-6-17(4-5-25-13)27-18(12-24-2)11-16(26-27)8-14-7-15(20(21,22)23)10-19(9-14)28-3/h4-7,9-11H,8,12H2,1,3H3. The van der Waals surface area contributed by atoms with E-state index in [9.17, 15) is 13.2 Å². The molecule has 2 aromatic heterocycles. The number of alkyl halides is 3. The van der Waals surface area contributed by atoms with Gasteiger partial charge in [-0.3, -0.25) is 4.98 Å². The first kappa shape index (κ1) is 19.4. The lowest BCUT2D eigenvalue weighted by Gasteiger charge is -2.11. The van der Waals surface area contributed by atoms with Crippen molar-refractivity contribution in [2.75, 3.05) is 7.11 Å². The first-order valence-electron chi connectivity index (χ1n) is 8.39. The van der Waals surface area contributed by atoms with E-state index in [1.54, 1.807) is 29.1 Å². The van der Waals surface area contributed by atoms with E-state index in [0.717, 1.165) is 23.5 Å². The van der Waals surface area contributed by atoms with Crippen molar-refractivity contribution in [3.63, 3.8) is 0 Å². The van der Waals surface area contributed by atoms with Crippen LogP contribution in [-0.2, 0) is 19.1 Å². The normalized spacial score (nSPS) is 11.3. The van der Waals surface area contributed by atoms with Crippen LogP contribution >= 0.6 is 0 Å². The Balaban J connectivity index is 1.99. The van der Waals surface area contributed by atoms with Gasteiger partial charge in [-0.2, -0.15) is 18.3 Å². The molecule has 3 rings (SSSR count). The summed E-state index contributed by atoms with van der Waals surface area (Å²) in [6.45, 7) is 9.11. The van der Waals surface area contributed by atoms with E-state index < -0.39 is 11.7 Å². The minimum absolute atomic E-state index is 0.111. The Bertz CT molecular complexity index is 1030. The van der Waals surface area contributed by atoms with Crippen LogP contribution in [0.25, 0.3) is 10.5 Å². The summed E-state index contributed by atoms with van der Waals surface area (Å²) in [5.74, 6) is 0.135. The van der Waals surface area contributed by atoms with Gasteiger partial charge in [0.15, 0.2) is 0 Å². The van der Waals surface area contributed by atoms with Crippen LogP contribution in [0.15, 0.2) is 42.6 Å². The molecule has 0 unspecified atom stereocenters. The highest BCUT2D eigenvalue weighted by Gasteiger charge is 2.31. The smallest absolute Gasteiger partial charge is 0.416 e. The maximum absolute atomic E-state index is 13.1. The molecule has 5 nitrogen and oxygen atoms in total. The maximum Gasteiger partial charge on any atom is 0.416 e. The Morgan fingerprint density at radius 2 is 1.96 bits per heavy atom. The minimum Gasteiger partial charge on any atom is -0.497 e. The van der Waals surface area contributed by atoms with Crippen molar-refractivity contribution in [3.8, 4) is 11.4 Å². The lowest BCUT2D eigenvalue weighted by molar-refractivity contribution is -0.137. The highest BCUT2D eigenvalue weighted by molar-refractivity contribution is 5.39. The molecule has 0 aliphatic carbocycles. The van der Waals surface area contributed by atoms with E-state index in [1.165, 1.54) is 7.11 Å². The van der Waals surface area contributed by atoms with Crippen LogP contribution in [0.4, 0.5) is 13.2 Å². The summed E-state index contributed by atoms with van der Waals surface area (Å²) in [4.78, 5) is 7.56. The topological polar surface area (TPSA) is 44.3 Å². The van der Waals surface area contributed by atoms with Crippen LogP contribution < -0.4 is 4.74 Å². The molecule has 0 aliphatic rings. The van der Waals surface area contributed by atoms with Gasteiger partial charge in [0.1, 0.15) is 11.4 Å². The van der Waals surface area contributed by atoms with E-state index in [4.69, 9.17) is 11.3 Å². The summed E-state index contributed by atoms with van der Waals surface area (Å²) < 4.78 is 46.0. The number of hydrogen-bond acceptors (Lipinski definition) is 3. The summed E-state index contributed by atoms with van der Waals surface area (Å²) in [6.07, 6.45) is -2.64. The second-order valence-corrected chi connectivity index (χ2v) is 6.25. The average molecular weight is 386 g/mol. The molecule has 0 saturated carbocycles. The van der Waals surface area contributed by atoms with Gasteiger partial charge < -0.3 is 9.58 Å². The molecule has 3 aromatic rings. The second-order valence-electron chi connectivity index (χ2n) is 6.25. The Labute approximate surface area is 160 Å². The molecule has 28 heavy (non-hydrogen) atoms. The molecule has 0 fully saturated rings. The highest BCUT2D eigenvalue weighted by atomic mass is 19.4. The zero-order valence-corrected chi connectivity index (χ0v) is 15.3. The van der Waals surface area contributed by atoms with Gasteiger partial charge in [0, 0.05) is 18.3 Å². The first-order chi connectivity index (χ1) is 13.3. The van der Waals surface area contributed by atoms with Gasteiger partial charge in [0.2, 0.25) is 0 Å². The highest BCUT2D eigenvalue weighted by Crippen LogP contribution is 2.33. The molecule has 0 N–H and O–H groups in total. The Hall–Kier alpha value is -3.34. The van der Waals surface area contributed by atoms with E-state index in [-0.39, 0.29) is 18.7 Å². The fourth-order valence-electron chi connectivity index (χ4n) is 2.89. The SMILES string of the molecule is [C-]#[N+]Cc1cc(Cc2cc(OC)cc(C(F)(F)F)c2)nn1-c1ccnc(C)c1. The Morgan fingerprint density at radius 1 is 1.18 bits per heavy atom. The molecule has 8 heteroatoms. The zero-order chi connectivity index (χ0) is 20.3. The molecule has 0 spiro atoms. The summed E-state index contributed by atoms with van der Waals surface area (Å²) in [7, 11) is 1.33. The van der Waals surface area contributed by atoms with Gasteiger partial charge in [-0.15, -0.1) is 0 Å². The Kier molecular flexibility index (Phi) is 5.36. The van der Waals surface area contributed by atoms with Crippen molar-refractivity contribution in [1.82, 2.24) is 14.8 Å². The average Bonchev–Trinajstić information content (AvgIpc) is 3.03. The van der Waals surface area contributed by atoms with Crippen LogP contribution in [0, 0.1) is 13.5 Å². The van der Waals surface area contributed by atoms with Crippen LogP contribution in [0.2, 0.25) is 0 Å². The number of rotatable bonds is 5. The number of ether oxygens (including phenoxy) is 1. The van der Waals surface area contributed by atoms with Gasteiger partial charge in [-0.25, -0.2) is 11.3 Å². The van der Waals surface area contributed by atoms with Gasteiger partial charge in [0.25, 0.3) is 6.54 Å². The monoisotopic (exact) mass is 386 g/mol. The number of halogens is 3. The number of aromatic nitrogens is 3. The van der Waals surface area contributed by atoms with Crippen molar-refractivity contribution in [1.29, 1.82) is 0 Å². The lowest BCUT2D eigenvalue weighted by Crippen LogP contribution is -2.06. The van der Waals surface area contributed by atoms with Gasteiger partial charge in [0.05, 0.1) is 24.1 Å². The van der Waals surface area contributed by atoms with Gasteiger partial charge >= 0.3 is 6.18 Å². The summed E-state index contributed by atoms with van der Waals surface area (Å²) in [5, 5.41) is 4.51. The van der Waals surface area contributed by atoms with E-state index in [0.29, 0.717) is 17.0 Å². The number of benzene rings is 1. The number of hydrogen-bond donors (Lipinski definition) is 0. The third-order valence-corrected chi connectivity index (χ3v) is 4.11. The van der Waals surface area contributed by atoms with E-state index in [2.05, 4.69) is 14.9 Å². The number of nitrogens with zero attached hydrogens (tertiary/aromatic N) is 4. The third-order valence-electron chi connectivity index (χ3n) is 4.11. The predicted molar refractivity (Wildman–Crippen MR) is 97.2 cm³/mol. The van der Waals surface area contributed by atoms with E-state index >= 15 is 0 Å². The fourth-order valence-corrected chi connectivity index (χ4v) is 2.89. The maximum atomic E-state index is 13.1. The molecule has 0 bridgehead atoms. The van der Waals surface area contributed by atoms with Crippen LogP contribution in [-0.4, -0.2) is 21.9 Å². The van der Waals surface area contributed by atoms with Gasteiger partial charge in [-0.05, 0) is 48.9 Å². The minimum atomic E-state index is -4.47. The molecule has 1 aromatic carbocycles. The lowest BCUT2D eigenvalue weighted by atomic mass is 10.1. The first-order valence-corrected chi connectivity index (χ1v) is 8.39. The van der Waals surface area contributed by atoms with Crippen molar-refractivity contribution >= 4 is 0 Å². The van der Waals surface area contributed by atoms with Crippen molar-refractivity contribution in [2.45, 2.75) is 26.1 Å². The summed E-state index contributed by atoms with van der Waals surface area (Å²) in [6, 6.07) is 8.95. The van der Waals surface area contributed by atoms with Crippen molar-refractivity contribution in [3.05, 3.63) is 82.2 Å². The van der Waals surface area contributed by atoms with Crippen LogP contribution in [0.3, 0.4) is 0 Å². The quantitative estimate of drug-likeness (QED) is 0.602. The largest absolute Gasteiger partial charge is 0.497 e. The molecule has 0 atom stereocenters. The predicted octanol–water partition coefficient (Wildman–Crippen LogP) is 4.61. The molecule has 2 heterocycles. The number of methoxy groups -OCH3 is 1. The van der Waals surface area contributed by atoms with Crippen LogP contribution in [0.1, 0.15) is 28.2 Å². The van der Waals surface area contributed by atoms with E-state index in [1.807, 2.05) is 13.0 Å². The second kappa shape index (κ2) is 7.72. The molecular formula is C20H17F3N4O. The fraction of sp³-hybridized carbons (Fsp3) is 0.250. The van der Waals surface area contributed by atoms with Crippen molar-refractivity contribution in [2.24, 2.45) is 0 Å². The van der Waals surface area contributed by atoms with Crippen LogP contribution in [0.5, 0.6) is 5.75 Å². The molecule has 0 aliphatic heterocycles. The molecular weight excluding hydrogens is 369 g/mol.